The molecule has 0 bridgehead atoms. The number of fused-ring (bicyclic) bond motifs is 1. The molecule has 2 atom stereocenters. The van der Waals surface area contributed by atoms with Crippen LogP contribution in [0.1, 0.15) is 25.7 Å². The van der Waals surface area contributed by atoms with Gasteiger partial charge in [-0.05, 0) is 36.8 Å². The summed E-state index contributed by atoms with van der Waals surface area (Å²) in [6, 6.07) is 5.51. The fourth-order valence-electron chi connectivity index (χ4n) is 4.02. The molecule has 7 heteroatoms. The summed E-state index contributed by atoms with van der Waals surface area (Å²) in [6.07, 6.45) is 5.17. The zero-order valence-corrected chi connectivity index (χ0v) is 15.4. The molecule has 0 radical (unpaired) electrons. The summed E-state index contributed by atoms with van der Waals surface area (Å²) in [5.41, 5.74) is 0. The molecule has 0 aromatic heterocycles. The first-order chi connectivity index (χ1) is 12.0. The van der Waals surface area contributed by atoms with Gasteiger partial charge in [-0.3, -0.25) is 4.99 Å². The normalized spacial score (nSPS) is 24.2. The zero-order valence-electron chi connectivity index (χ0n) is 14.6. The summed E-state index contributed by atoms with van der Waals surface area (Å²) in [4.78, 5) is 6.30. The van der Waals surface area contributed by atoms with E-state index < -0.39 is 15.7 Å². The Hall–Kier alpha value is -1.63. The summed E-state index contributed by atoms with van der Waals surface area (Å²) in [7, 11) is -1.93. The minimum Gasteiger partial charge on any atom is -0.355 e. The van der Waals surface area contributed by atoms with Gasteiger partial charge < -0.3 is 10.2 Å². The highest BCUT2D eigenvalue weighted by molar-refractivity contribution is 7.91. The average molecular weight is 367 g/mol. The van der Waals surface area contributed by atoms with Gasteiger partial charge in [0.1, 0.15) is 10.7 Å². The predicted octanol–water partition coefficient (Wildman–Crippen LogP) is 2.30. The van der Waals surface area contributed by atoms with E-state index in [1.807, 2.05) is 0 Å². The summed E-state index contributed by atoms with van der Waals surface area (Å²) < 4.78 is 38.4. The van der Waals surface area contributed by atoms with Gasteiger partial charge in [-0.25, -0.2) is 12.8 Å². The molecule has 0 spiro atoms. The van der Waals surface area contributed by atoms with Gasteiger partial charge in [0.2, 0.25) is 0 Å². The molecule has 1 saturated heterocycles. The van der Waals surface area contributed by atoms with Crippen molar-refractivity contribution in [2.75, 3.05) is 32.4 Å². The molecule has 1 aromatic carbocycles. The van der Waals surface area contributed by atoms with E-state index in [-0.39, 0.29) is 17.2 Å². The molecule has 138 valence electrons. The molecule has 1 aromatic rings. The molecule has 1 aliphatic carbocycles. The molecule has 1 aliphatic heterocycles. The summed E-state index contributed by atoms with van der Waals surface area (Å²) in [6.45, 7) is 2.20. The van der Waals surface area contributed by atoms with Crippen molar-refractivity contribution >= 4 is 15.8 Å². The van der Waals surface area contributed by atoms with Gasteiger partial charge in [0, 0.05) is 26.7 Å². The van der Waals surface area contributed by atoms with Gasteiger partial charge in [0.25, 0.3) is 0 Å². The number of nitrogens with zero attached hydrogens (tertiary/aromatic N) is 2. The molecule has 1 saturated carbocycles. The maximum atomic E-state index is 13.7. The lowest BCUT2D eigenvalue weighted by Crippen LogP contribution is -2.42. The van der Waals surface area contributed by atoms with Crippen LogP contribution in [0.3, 0.4) is 0 Å². The van der Waals surface area contributed by atoms with Gasteiger partial charge in [-0.2, -0.15) is 0 Å². The second-order valence-corrected chi connectivity index (χ2v) is 9.01. The average Bonchev–Trinajstić information content (AvgIpc) is 3.02. The van der Waals surface area contributed by atoms with Crippen LogP contribution in [0.15, 0.2) is 34.2 Å². The Bertz CT molecular complexity index is 722. The third-order valence-corrected chi connectivity index (χ3v) is 7.06. The van der Waals surface area contributed by atoms with Crippen LogP contribution in [0.2, 0.25) is 0 Å². The Morgan fingerprint density at radius 2 is 1.88 bits per heavy atom. The lowest BCUT2D eigenvalue weighted by atomic mass is 9.82. The zero-order chi connectivity index (χ0) is 17.9. The van der Waals surface area contributed by atoms with E-state index in [2.05, 4.69) is 15.2 Å². The number of likely N-dealkylation sites (tertiary alicyclic amines) is 1. The SMILES string of the molecule is CN=C(NCCS(=O)(=O)c1ccccc1F)N1CC2CCCCC2C1. The number of benzene rings is 1. The van der Waals surface area contributed by atoms with Crippen molar-refractivity contribution in [1.82, 2.24) is 10.2 Å². The molecule has 1 N–H and O–H groups in total. The fourth-order valence-corrected chi connectivity index (χ4v) is 5.26. The Balaban J connectivity index is 1.56. The number of nitrogens with one attached hydrogen (secondary N) is 1. The van der Waals surface area contributed by atoms with E-state index in [0.717, 1.165) is 30.9 Å². The molecular formula is C18H26FN3O2S. The van der Waals surface area contributed by atoms with E-state index in [1.165, 1.54) is 49.9 Å². The molecule has 1 heterocycles. The largest absolute Gasteiger partial charge is 0.355 e. The van der Waals surface area contributed by atoms with Gasteiger partial charge >= 0.3 is 0 Å². The molecule has 2 unspecified atom stereocenters. The number of sulfone groups is 1. The van der Waals surface area contributed by atoms with Crippen LogP contribution in [0.25, 0.3) is 0 Å². The van der Waals surface area contributed by atoms with Gasteiger partial charge in [-0.1, -0.05) is 25.0 Å². The van der Waals surface area contributed by atoms with Gasteiger partial charge in [0.05, 0.1) is 5.75 Å². The van der Waals surface area contributed by atoms with E-state index in [9.17, 15) is 12.8 Å². The van der Waals surface area contributed by atoms with E-state index in [0.29, 0.717) is 0 Å². The summed E-state index contributed by atoms with van der Waals surface area (Å²) in [5, 5.41) is 3.14. The molecule has 0 amide bonds. The van der Waals surface area contributed by atoms with E-state index >= 15 is 0 Å². The highest BCUT2D eigenvalue weighted by atomic mass is 32.2. The number of guanidine groups is 1. The third kappa shape index (κ3) is 4.14. The smallest absolute Gasteiger partial charge is 0.193 e. The minimum atomic E-state index is -3.65. The quantitative estimate of drug-likeness (QED) is 0.655. The number of rotatable bonds is 4. The van der Waals surface area contributed by atoms with Crippen LogP contribution in [0.4, 0.5) is 4.39 Å². The molecule has 2 fully saturated rings. The topological polar surface area (TPSA) is 61.8 Å². The Morgan fingerprint density at radius 1 is 1.24 bits per heavy atom. The van der Waals surface area contributed by atoms with Gasteiger partial charge in [-0.15, -0.1) is 0 Å². The standard InChI is InChI=1S/C18H26FN3O2S/c1-20-18(22-12-14-6-2-3-7-15(14)13-22)21-10-11-25(23,24)17-9-5-4-8-16(17)19/h4-5,8-9,14-15H,2-3,6-7,10-13H2,1H3,(H,20,21). The number of halogens is 1. The summed E-state index contributed by atoms with van der Waals surface area (Å²) >= 11 is 0. The monoisotopic (exact) mass is 367 g/mol. The highest BCUT2D eigenvalue weighted by Crippen LogP contribution is 2.35. The van der Waals surface area contributed by atoms with E-state index in [4.69, 9.17) is 0 Å². The maximum Gasteiger partial charge on any atom is 0.193 e. The lowest BCUT2D eigenvalue weighted by Gasteiger charge is -2.22. The first-order valence-corrected chi connectivity index (χ1v) is 10.6. The van der Waals surface area contributed by atoms with Crippen molar-refractivity contribution in [3.63, 3.8) is 0 Å². The molecule has 3 rings (SSSR count). The highest BCUT2D eigenvalue weighted by Gasteiger charge is 2.35. The van der Waals surface area contributed by atoms with Crippen molar-refractivity contribution < 1.29 is 12.8 Å². The number of hydrogen-bond donors (Lipinski definition) is 1. The maximum absolute atomic E-state index is 13.7. The minimum absolute atomic E-state index is 0.159. The van der Waals surface area contributed by atoms with Crippen LogP contribution in [0.5, 0.6) is 0 Å². The van der Waals surface area contributed by atoms with Crippen molar-refractivity contribution in [1.29, 1.82) is 0 Å². The first-order valence-electron chi connectivity index (χ1n) is 8.94. The lowest BCUT2D eigenvalue weighted by molar-refractivity contribution is 0.299. The van der Waals surface area contributed by atoms with Gasteiger partial charge in [0.15, 0.2) is 15.8 Å². The van der Waals surface area contributed by atoms with Crippen molar-refractivity contribution in [2.24, 2.45) is 16.8 Å². The molecule has 5 nitrogen and oxygen atoms in total. The third-order valence-electron chi connectivity index (χ3n) is 5.31. The van der Waals surface area contributed by atoms with Crippen LogP contribution in [-0.2, 0) is 9.84 Å². The molecular weight excluding hydrogens is 341 g/mol. The number of aliphatic imine (C=N–C) groups is 1. The second kappa shape index (κ2) is 7.72. The van der Waals surface area contributed by atoms with Crippen molar-refractivity contribution in [2.45, 2.75) is 30.6 Å². The van der Waals surface area contributed by atoms with Crippen LogP contribution < -0.4 is 5.32 Å². The summed E-state index contributed by atoms with van der Waals surface area (Å²) in [5.74, 6) is 1.35. The Labute approximate surface area is 149 Å². The van der Waals surface area contributed by atoms with Crippen molar-refractivity contribution in [3.8, 4) is 0 Å². The second-order valence-electron chi connectivity index (χ2n) is 6.93. The molecule has 2 aliphatic rings. The van der Waals surface area contributed by atoms with E-state index in [1.54, 1.807) is 7.05 Å². The van der Waals surface area contributed by atoms with Crippen LogP contribution in [0, 0.1) is 17.7 Å². The Morgan fingerprint density at radius 3 is 2.48 bits per heavy atom. The Kier molecular flexibility index (Phi) is 5.61. The first kappa shape index (κ1) is 18.2. The van der Waals surface area contributed by atoms with Crippen LogP contribution >= 0.6 is 0 Å². The van der Waals surface area contributed by atoms with Crippen molar-refractivity contribution in [3.05, 3.63) is 30.1 Å². The fraction of sp³-hybridized carbons (Fsp3) is 0.611. The predicted molar refractivity (Wildman–Crippen MR) is 96.8 cm³/mol. The van der Waals surface area contributed by atoms with Crippen LogP contribution in [-0.4, -0.2) is 51.7 Å². The molecule has 25 heavy (non-hydrogen) atoms. The number of hydrogen-bond acceptors (Lipinski definition) is 3.